The van der Waals surface area contributed by atoms with E-state index >= 15 is 0 Å². The molecule has 0 aliphatic carbocycles. The van der Waals surface area contributed by atoms with Crippen LogP contribution in [0.4, 0.5) is 0 Å². The van der Waals surface area contributed by atoms with Crippen molar-refractivity contribution in [2.45, 2.75) is 40.3 Å². The smallest absolute Gasteiger partial charge is 0.133 e. The zero-order chi connectivity index (χ0) is 15.4. The lowest BCUT2D eigenvalue weighted by atomic mass is 10.1. The molecule has 1 N–H and O–H groups in total. The summed E-state index contributed by atoms with van der Waals surface area (Å²) in [7, 11) is 0. The highest BCUT2D eigenvalue weighted by atomic mass is 35.5. The molecule has 0 spiro atoms. The van der Waals surface area contributed by atoms with E-state index in [9.17, 15) is 0 Å². The molecular weight excluding hydrogens is 282 g/mol. The van der Waals surface area contributed by atoms with Gasteiger partial charge in [0.2, 0.25) is 0 Å². The number of aryl methyl sites for hydroxylation is 2. The highest BCUT2D eigenvalue weighted by Gasteiger charge is 2.10. The molecule has 0 amide bonds. The van der Waals surface area contributed by atoms with Crippen LogP contribution >= 0.6 is 11.6 Å². The van der Waals surface area contributed by atoms with Gasteiger partial charge < -0.3 is 10.1 Å². The van der Waals surface area contributed by atoms with E-state index in [-0.39, 0.29) is 0 Å². The van der Waals surface area contributed by atoms with Crippen molar-refractivity contribution in [2.75, 3.05) is 0 Å². The third-order valence-corrected chi connectivity index (χ3v) is 3.82. The van der Waals surface area contributed by atoms with Crippen LogP contribution in [0.2, 0.25) is 5.02 Å². The van der Waals surface area contributed by atoms with E-state index in [1.54, 1.807) is 0 Å². The average Bonchev–Trinajstić information content (AvgIpc) is 2.42. The molecule has 2 rings (SSSR count). The van der Waals surface area contributed by atoms with Crippen LogP contribution in [-0.4, -0.2) is 6.04 Å². The molecule has 112 valence electrons. The quantitative estimate of drug-likeness (QED) is 0.815. The molecule has 0 aromatic heterocycles. The van der Waals surface area contributed by atoms with Crippen molar-refractivity contribution in [3.05, 3.63) is 58.1 Å². The largest absolute Gasteiger partial charge is 0.457 e. The highest BCUT2D eigenvalue weighted by molar-refractivity contribution is 6.31. The molecule has 0 aliphatic rings. The average molecular weight is 304 g/mol. The zero-order valence-electron chi connectivity index (χ0n) is 13.0. The van der Waals surface area contributed by atoms with Crippen LogP contribution in [0.1, 0.15) is 30.5 Å². The number of rotatable bonds is 5. The minimum atomic E-state index is 0.399. The normalized spacial score (nSPS) is 11.0. The van der Waals surface area contributed by atoms with Gasteiger partial charge in [0.15, 0.2) is 0 Å². The second-order valence-electron chi connectivity index (χ2n) is 5.60. The molecule has 2 nitrogen and oxygen atoms in total. The summed E-state index contributed by atoms with van der Waals surface area (Å²) in [6, 6.07) is 12.3. The van der Waals surface area contributed by atoms with Crippen LogP contribution in [0.3, 0.4) is 0 Å². The van der Waals surface area contributed by atoms with Gasteiger partial charge in [0.25, 0.3) is 0 Å². The van der Waals surface area contributed by atoms with Crippen molar-refractivity contribution >= 4 is 11.6 Å². The number of nitrogens with one attached hydrogen (secondary N) is 1. The molecule has 2 aromatic carbocycles. The van der Waals surface area contributed by atoms with Crippen molar-refractivity contribution in [1.29, 1.82) is 0 Å². The lowest BCUT2D eigenvalue weighted by Gasteiger charge is -2.15. The Hall–Kier alpha value is -1.51. The van der Waals surface area contributed by atoms with Gasteiger partial charge >= 0.3 is 0 Å². The molecule has 0 atom stereocenters. The maximum Gasteiger partial charge on any atom is 0.133 e. The fourth-order valence-corrected chi connectivity index (χ4v) is 2.25. The molecule has 0 aliphatic heterocycles. The third kappa shape index (κ3) is 4.23. The summed E-state index contributed by atoms with van der Waals surface area (Å²) >= 11 is 6.32. The Morgan fingerprint density at radius 1 is 1.10 bits per heavy atom. The first-order chi connectivity index (χ1) is 9.97. The summed E-state index contributed by atoms with van der Waals surface area (Å²) in [5.41, 5.74) is 3.47. The highest BCUT2D eigenvalue weighted by Crippen LogP contribution is 2.31. The Bertz CT molecular complexity index is 623. The first-order valence-corrected chi connectivity index (χ1v) is 7.61. The van der Waals surface area contributed by atoms with Gasteiger partial charge in [0.1, 0.15) is 11.5 Å². The molecule has 0 saturated heterocycles. The maximum absolute atomic E-state index is 6.32. The predicted octanol–water partition coefficient (Wildman–Crippen LogP) is 5.25. The van der Waals surface area contributed by atoms with Crippen molar-refractivity contribution in [2.24, 2.45) is 0 Å². The molecule has 0 unspecified atom stereocenters. The molecule has 0 radical (unpaired) electrons. The Morgan fingerprint density at radius 3 is 2.52 bits per heavy atom. The van der Waals surface area contributed by atoms with Gasteiger partial charge in [-0.1, -0.05) is 37.6 Å². The minimum absolute atomic E-state index is 0.399. The summed E-state index contributed by atoms with van der Waals surface area (Å²) in [6.07, 6.45) is 0. The maximum atomic E-state index is 6.32. The summed E-state index contributed by atoms with van der Waals surface area (Å²) < 4.78 is 6.03. The second-order valence-corrected chi connectivity index (χ2v) is 6.01. The van der Waals surface area contributed by atoms with Crippen LogP contribution in [0, 0.1) is 13.8 Å². The van der Waals surface area contributed by atoms with Crippen LogP contribution in [-0.2, 0) is 6.54 Å². The van der Waals surface area contributed by atoms with Crippen LogP contribution in [0.25, 0.3) is 0 Å². The zero-order valence-corrected chi connectivity index (χ0v) is 13.8. The Kier molecular flexibility index (Phi) is 5.27. The molecule has 0 fully saturated rings. The summed E-state index contributed by atoms with van der Waals surface area (Å²) in [5, 5.41) is 4.11. The van der Waals surface area contributed by atoms with Gasteiger partial charge in [-0.05, 0) is 49.2 Å². The molecule has 3 heteroatoms. The van der Waals surface area contributed by atoms with E-state index in [4.69, 9.17) is 16.3 Å². The van der Waals surface area contributed by atoms with Crippen molar-refractivity contribution in [3.8, 4) is 11.5 Å². The van der Waals surface area contributed by atoms with Gasteiger partial charge in [-0.15, -0.1) is 0 Å². The van der Waals surface area contributed by atoms with Gasteiger partial charge in [-0.25, -0.2) is 0 Å². The molecule has 0 saturated carbocycles. The van der Waals surface area contributed by atoms with Crippen molar-refractivity contribution in [1.82, 2.24) is 5.32 Å². The van der Waals surface area contributed by atoms with Gasteiger partial charge in [0.05, 0.1) is 0 Å². The van der Waals surface area contributed by atoms with Gasteiger partial charge in [-0.2, -0.15) is 0 Å². The number of hydrogen-bond donors (Lipinski definition) is 1. The van der Waals surface area contributed by atoms with E-state index in [1.807, 2.05) is 24.3 Å². The molecular formula is C18H22ClNO. The van der Waals surface area contributed by atoms with Crippen molar-refractivity contribution < 1.29 is 4.74 Å². The van der Waals surface area contributed by atoms with Crippen LogP contribution in [0.15, 0.2) is 36.4 Å². The van der Waals surface area contributed by atoms with Crippen LogP contribution in [0.5, 0.6) is 11.5 Å². The SMILES string of the molecule is Cc1ccc(Oc2cccc(Cl)c2CNC(C)C)cc1C. The summed E-state index contributed by atoms with van der Waals surface area (Å²) in [6.45, 7) is 9.09. The Balaban J connectivity index is 2.26. The fourth-order valence-electron chi connectivity index (χ4n) is 2.02. The molecule has 0 bridgehead atoms. The Labute approximate surface area is 132 Å². The first-order valence-electron chi connectivity index (χ1n) is 7.23. The number of halogens is 1. The first kappa shape index (κ1) is 15.9. The topological polar surface area (TPSA) is 21.3 Å². The number of ether oxygens (including phenoxy) is 1. The van der Waals surface area contributed by atoms with E-state index in [0.29, 0.717) is 12.6 Å². The van der Waals surface area contributed by atoms with Crippen molar-refractivity contribution in [3.63, 3.8) is 0 Å². The van der Waals surface area contributed by atoms with E-state index in [0.717, 1.165) is 22.1 Å². The second kappa shape index (κ2) is 6.97. The lowest BCUT2D eigenvalue weighted by molar-refractivity contribution is 0.469. The minimum Gasteiger partial charge on any atom is -0.457 e. The fraction of sp³-hybridized carbons (Fsp3) is 0.333. The predicted molar refractivity (Wildman–Crippen MR) is 89.4 cm³/mol. The van der Waals surface area contributed by atoms with Gasteiger partial charge in [-0.3, -0.25) is 0 Å². The van der Waals surface area contributed by atoms with Crippen LogP contribution < -0.4 is 10.1 Å². The standard InChI is InChI=1S/C18H22ClNO/c1-12(2)20-11-16-17(19)6-5-7-18(16)21-15-9-8-13(3)14(4)10-15/h5-10,12,20H,11H2,1-4H3. The van der Waals surface area contributed by atoms with E-state index in [1.165, 1.54) is 11.1 Å². The third-order valence-electron chi connectivity index (χ3n) is 3.47. The summed E-state index contributed by atoms with van der Waals surface area (Å²) in [4.78, 5) is 0. The Morgan fingerprint density at radius 2 is 1.86 bits per heavy atom. The monoisotopic (exact) mass is 303 g/mol. The lowest BCUT2D eigenvalue weighted by Crippen LogP contribution is -2.22. The van der Waals surface area contributed by atoms with E-state index in [2.05, 4.69) is 45.1 Å². The molecule has 2 aromatic rings. The van der Waals surface area contributed by atoms with Gasteiger partial charge in [0, 0.05) is 23.2 Å². The van der Waals surface area contributed by atoms with E-state index < -0.39 is 0 Å². The number of benzene rings is 2. The number of hydrogen-bond acceptors (Lipinski definition) is 2. The molecule has 0 heterocycles. The summed E-state index contributed by atoms with van der Waals surface area (Å²) in [5.74, 6) is 1.64. The molecule has 21 heavy (non-hydrogen) atoms.